The Morgan fingerprint density at radius 1 is 1.11 bits per heavy atom. The van der Waals surface area contributed by atoms with E-state index >= 15 is 0 Å². The van der Waals surface area contributed by atoms with Gasteiger partial charge in [-0.15, -0.1) is 0 Å². The molecule has 0 aromatic carbocycles. The maximum atomic E-state index is 6.50. The number of anilines is 3. The normalized spacial score (nSPS) is 25.2. The van der Waals surface area contributed by atoms with Crippen LogP contribution in [0.1, 0.15) is 44.7 Å². The fourth-order valence-corrected chi connectivity index (χ4v) is 6.17. The molecule has 7 rings (SSSR count). The standard InChI is InChI=1S/C26H32N10O/c1-15-5-10-36(18-4-3-17(31-20(15)18)23-28-8-9-29-23)25-21-24(33-34-25)32-19(13-30-21)35-11-6-26(7-12-35)14-37-16(2)22(26)27/h3-4,8-9,13,15-16,22H,5-7,10-12,14,27H2,1-2H3,(H,28,29)(H,32,33,34)/t15-,16+,22-/m1/s1. The molecule has 0 saturated carbocycles. The van der Waals surface area contributed by atoms with E-state index in [4.69, 9.17) is 25.4 Å². The molecule has 1 spiro atoms. The number of aromatic nitrogens is 7. The lowest BCUT2D eigenvalue weighted by atomic mass is 9.73. The number of imidazole rings is 1. The summed E-state index contributed by atoms with van der Waals surface area (Å²) in [5, 5.41) is 7.79. The predicted octanol–water partition coefficient (Wildman–Crippen LogP) is 3.12. The molecule has 0 radical (unpaired) electrons. The van der Waals surface area contributed by atoms with Crippen LogP contribution in [0.15, 0.2) is 30.7 Å². The fourth-order valence-electron chi connectivity index (χ4n) is 6.17. The molecule has 2 saturated heterocycles. The van der Waals surface area contributed by atoms with E-state index in [0.717, 1.165) is 85.6 Å². The number of fused-ring (bicyclic) bond motifs is 2. The summed E-state index contributed by atoms with van der Waals surface area (Å²) in [6, 6.07) is 4.21. The number of aromatic amines is 2. The number of H-pyrrole nitrogens is 2. The summed E-state index contributed by atoms with van der Waals surface area (Å²) in [6.45, 7) is 7.69. The smallest absolute Gasteiger partial charge is 0.183 e. The van der Waals surface area contributed by atoms with E-state index in [-0.39, 0.29) is 17.6 Å². The topological polar surface area (TPSA) is 138 Å². The average Bonchev–Trinajstić information content (AvgIpc) is 3.67. The van der Waals surface area contributed by atoms with Gasteiger partial charge in [0.05, 0.1) is 30.3 Å². The minimum atomic E-state index is 0.0816. The van der Waals surface area contributed by atoms with Crippen molar-refractivity contribution in [3.8, 4) is 11.5 Å². The fraction of sp³-hybridized carbons (Fsp3) is 0.500. The van der Waals surface area contributed by atoms with Gasteiger partial charge < -0.3 is 25.3 Å². The third-order valence-corrected chi connectivity index (χ3v) is 8.61. The molecule has 4 aromatic rings. The summed E-state index contributed by atoms with van der Waals surface area (Å²) in [4.78, 5) is 26.7. The van der Waals surface area contributed by atoms with Crippen LogP contribution in [0.2, 0.25) is 0 Å². The van der Waals surface area contributed by atoms with Gasteiger partial charge in [-0.25, -0.2) is 19.9 Å². The van der Waals surface area contributed by atoms with Crippen molar-refractivity contribution in [2.24, 2.45) is 11.1 Å². The summed E-state index contributed by atoms with van der Waals surface area (Å²) in [7, 11) is 0. The molecule has 11 nitrogen and oxygen atoms in total. The van der Waals surface area contributed by atoms with Crippen LogP contribution in [0.3, 0.4) is 0 Å². The second-order valence-corrected chi connectivity index (χ2v) is 10.7. The van der Waals surface area contributed by atoms with Gasteiger partial charge in [-0.1, -0.05) is 6.92 Å². The Hall–Kier alpha value is -3.57. The van der Waals surface area contributed by atoms with Crippen molar-refractivity contribution in [3.05, 3.63) is 36.4 Å². The van der Waals surface area contributed by atoms with Crippen LogP contribution >= 0.6 is 0 Å². The summed E-state index contributed by atoms with van der Waals surface area (Å²) >= 11 is 0. The quantitative estimate of drug-likeness (QED) is 0.387. The van der Waals surface area contributed by atoms with Crippen LogP contribution in [0.5, 0.6) is 0 Å². The van der Waals surface area contributed by atoms with E-state index in [9.17, 15) is 0 Å². The lowest BCUT2D eigenvalue weighted by Crippen LogP contribution is -2.50. The highest BCUT2D eigenvalue weighted by molar-refractivity contribution is 5.88. The zero-order chi connectivity index (χ0) is 25.1. The molecule has 4 N–H and O–H groups in total. The van der Waals surface area contributed by atoms with Gasteiger partial charge in [0.2, 0.25) is 0 Å². The lowest BCUT2D eigenvalue weighted by Gasteiger charge is -2.41. The molecule has 2 fully saturated rings. The minimum absolute atomic E-state index is 0.0816. The second-order valence-electron chi connectivity index (χ2n) is 10.7. The average molecular weight is 501 g/mol. The SMILES string of the molecule is C[C@@H]1CCN(c2n[nH]c3nc(N4CCC5(CC4)CO[C@@H](C)[C@H]5N)cnc23)c2ccc(-c3ncc[nH]3)nc21. The number of nitrogens with two attached hydrogens (primary N) is 1. The third kappa shape index (κ3) is 3.59. The first-order chi connectivity index (χ1) is 18.0. The Labute approximate surface area is 214 Å². The highest BCUT2D eigenvalue weighted by Gasteiger charge is 2.47. The van der Waals surface area contributed by atoms with Crippen molar-refractivity contribution >= 4 is 28.5 Å². The first-order valence-corrected chi connectivity index (χ1v) is 13.1. The van der Waals surface area contributed by atoms with Gasteiger partial charge in [0.15, 0.2) is 22.8 Å². The molecule has 7 heterocycles. The Morgan fingerprint density at radius 3 is 2.73 bits per heavy atom. The van der Waals surface area contributed by atoms with Gasteiger partial charge in [0, 0.05) is 49.4 Å². The van der Waals surface area contributed by atoms with E-state index in [1.165, 1.54) is 0 Å². The molecular weight excluding hydrogens is 468 g/mol. The third-order valence-electron chi connectivity index (χ3n) is 8.61. The minimum Gasteiger partial charge on any atom is -0.376 e. The van der Waals surface area contributed by atoms with Crippen LogP contribution in [-0.2, 0) is 4.74 Å². The summed E-state index contributed by atoms with van der Waals surface area (Å²) < 4.78 is 5.88. The van der Waals surface area contributed by atoms with Crippen molar-refractivity contribution in [2.75, 3.05) is 36.0 Å². The molecule has 4 aromatic heterocycles. The molecule has 0 bridgehead atoms. The molecular formula is C26H32N10O. The molecule has 11 heteroatoms. The Bertz CT molecular complexity index is 1420. The number of nitrogens with one attached hydrogen (secondary N) is 2. The molecule has 192 valence electrons. The number of hydrogen-bond acceptors (Lipinski definition) is 9. The maximum absolute atomic E-state index is 6.50. The van der Waals surface area contributed by atoms with Crippen LogP contribution in [-0.4, -0.2) is 73.5 Å². The Balaban J connectivity index is 1.15. The largest absolute Gasteiger partial charge is 0.376 e. The van der Waals surface area contributed by atoms with Gasteiger partial charge in [-0.3, -0.25) is 5.10 Å². The second kappa shape index (κ2) is 8.49. The monoisotopic (exact) mass is 500 g/mol. The van der Waals surface area contributed by atoms with Gasteiger partial charge in [-0.05, 0) is 38.3 Å². The number of rotatable bonds is 3. The van der Waals surface area contributed by atoms with Crippen LogP contribution in [0.25, 0.3) is 22.7 Å². The molecule has 0 amide bonds. The summed E-state index contributed by atoms with van der Waals surface area (Å²) in [6.07, 6.45) is 8.54. The first kappa shape index (κ1) is 22.6. The van der Waals surface area contributed by atoms with E-state index in [0.29, 0.717) is 11.6 Å². The number of ether oxygens (including phenoxy) is 1. The number of piperidine rings is 1. The predicted molar refractivity (Wildman–Crippen MR) is 141 cm³/mol. The summed E-state index contributed by atoms with van der Waals surface area (Å²) in [5.41, 5.74) is 11.0. The molecule has 0 aliphatic carbocycles. The number of pyridine rings is 1. The maximum Gasteiger partial charge on any atom is 0.183 e. The van der Waals surface area contributed by atoms with Gasteiger partial charge in [0.25, 0.3) is 0 Å². The lowest BCUT2D eigenvalue weighted by molar-refractivity contribution is 0.0974. The van der Waals surface area contributed by atoms with Crippen molar-refractivity contribution in [1.29, 1.82) is 0 Å². The summed E-state index contributed by atoms with van der Waals surface area (Å²) in [5.74, 6) is 2.77. The Kier molecular flexibility index (Phi) is 5.19. The van der Waals surface area contributed by atoms with Crippen molar-refractivity contribution < 1.29 is 4.74 Å². The zero-order valence-corrected chi connectivity index (χ0v) is 21.2. The zero-order valence-electron chi connectivity index (χ0n) is 21.2. The van der Waals surface area contributed by atoms with E-state index in [1.54, 1.807) is 6.20 Å². The Morgan fingerprint density at radius 2 is 1.97 bits per heavy atom. The van der Waals surface area contributed by atoms with Crippen LogP contribution in [0, 0.1) is 5.41 Å². The van der Waals surface area contributed by atoms with E-state index in [2.05, 4.69) is 49.9 Å². The number of nitrogens with zero attached hydrogens (tertiary/aromatic N) is 7. The van der Waals surface area contributed by atoms with Gasteiger partial charge >= 0.3 is 0 Å². The van der Waals surface area contributed by atoms with Crippen molar-refractivity contribution in [1.82, 2.24) is 35.1 Å². The molecule has 3 atom stereocenters. The van der Waals surface area contributed by atoms with Crippen molar-refractivity contribution in [3.63, 3.8) is 0 Å². The highest BCUT2D eigenvalue weighted by atomic mass is 16.5. The molecule has 3 aliphatic heterocycles. The molecule has 3 aliphatic rings. The first-order valence-electron chi connectivity index (χ1n) is 13.1. The van der Waals surface area contributed by atoms with Gasteiger partial charge in [-0.2, -0.15) is 5.10 Å². The molecule has 37 heavy (non-hydrogen) atoms. The van der Waals surface area contributed by atoms with Gasteiger partial charge in [0.1, 0.15) is 11.5 Å². The van der Waals surface area contributed by atoms with Crippen LogP contribution in [0.4, 0.5) is 17.3 Å². The van der Waals surface area contributed by atoms with Crippen LogP contribution < -0.4 is 15.5 Å². The van der Waals surface area contributed by atoms with Crippen molar-refractivity contribution in [2.45, 2.75) is 51.2 Å². The van der Waals surface area contributed by atoms with E-state index in [1.807, 2.05) is 18.5 Å². The molecule has 0 unspecified atom stereocenters. The highest BCUT2D eigenvalue weighted by Crippen LogP contribution is 2.43. The van der Waals surface area contributed by atoms with E-state index < -0.39 is 0 Å². The number of hydrogen-bond donors (Lipinski definition) is 3.